The molecule has 1 saturated carbocycles. The molecule has 2 N–H and O–H groups in total. The van der Waals surface area contributed by atoms with Crippen molar-refractivity contribution in [2.75, 3.05) is 0 Å². The van der Waals surface area contributed by atoms with Crippen molar-refractivity contribution >= 4 is 15.9 Å². The SMILES string of the molecule is NC(c1ccc(OCc2ccccc2)c(Br)c1)C1CC1. The Balaban J connectivity index is 1.68. The molecule has 2 aromatic rings. The molecular formula is C17H18BrNO. The van der Waals surface area contributed by atoms with E-state index in [0.29, 0.717) is 12.5 Å². The van der Waals surface area contributed by atoms with Gasteiger partial charge in [-0.25, -0.2) is 0 Å². The van der Waals surface area contributed by atoms with Crippen molar-refractivity contribution in [2.24, 2.45) is 11.7 Å². The van der Waals surface area contributed by atoms with Crippen LogP contribution in [0.1, 0.15) is 30.0 Å². The van der Waals surface area contributed by atoms with E-state index in [2.05, 4.69) is 40.2 Å². The van der Waals surface area contributed by atoms with Gasteiger partial charge in [-0.05, 0) is 57.9 Å². The topological polar surface area (TPSA) is 35.2 Å². The van der Waals surface area contributed by atoms with Crippen molar-refractivity contribution in [3.05, 3.63) is 64.1 Å². The van der Waals surface area contributed by atoms with Crippen molar-refractivity contribution in [2.45, 2.75) is 25.5 Å². The fourth-order valence-corrected chi connectivity index (χ4v) is 2.82. The first kappa shape index (κ1) is 13.7. The molecule has 0 aliphatic heterocycles. The van der Waals surface area contributed by atoms with Crippen LogP contribution in [0, 0.1) is 5.92 Å². The highest BCUT2D eigenvalue weighted by Crippen LogP contribution is 2.40. The average molecular weight is 332 g/mol. The quantitative estimate of drug-likeness (QED) is 0.879. The van der Waals surface area contributed by atoms with E-state index in [0.717, 1.165) is 15.8 Å². The van der Waals surface area contributed by atoms with Crippen molar-refractivity contribution in [1.29, 1.82) is 0 Å². The molecule has 3 rings (SSSR count). The third-order valence-corrected chi connectivity index (χ3v) is 4.33. The molecule has 0 aromatic heterocycles. The normalized spacial score (nSPS) is 15.9. The van der Waals surface area contributed by atoms with Crippen molar-refractivity contribution < 1.29 is 4.74 Å². The number of ether oxygens (including phenoxy) is 1. The zero-order valence-electron chi connectivity index (χ0n) is 11.3. The Labute approximate surface area is 128 Å². The highest BCUT2D eigenvalue weighted by Gasteiger charge is 2.29. The molecule has 1 fully saturated rings. The summed E-state index contributed by atoms with van der Waals surface area (Å²) in [7, 11) is 0. The van der Waals surface area contributed by atoms with Crippen molar-refractivity contribution in [1.82, 2.24) is 0 Å². The summed E-state index contributed by atoms with van der Waals surface area (Å²) < 4.78 is 6.82. The molecular weight excluding hydrogens is 314 g/mol. The molecule has 0 heterocycles. The number of halogens is 1. The first-order chi connectivity index (χ1) is 9.74. The third kappa shape index (κ3) is 3.22. The van der Waals surface area contributed by atoms with Gasteiger partial charge in [0.1, 0.15) is 12.4 Å². The standard InChI is InChI=1S/C17H18BrNO/c18-15-10-14(17(19)13-6-7-13)8-9-16(15)20-11-12-4-2-1-3-5-12/h1-5,8-10,13,17H,6-7,11,19H2. The molecule has 1 aliphatic carbocycles. The van der Waals surface area contributed by atoms with Crippen LogP contribution in [0.3, 0.4) is 0 Å². The Hall–Kier alpha value is -1.32. The molecule has 20 heavy (non-hydrogen) atoms. The van der Waals surface area contributed by atoms with Gasteiger partial charge in [0, 0.05) is 6.04 Å². The summed E-state index contributed by atoms with van der Waals surface area (Å²) in [5.41, 5.74) is 8.57. The average Bonchev–Trinajstić information content (AvgIpc) is 3.31. The predicted octanol–water partition coefficient (Wildman–Crippen LogP) is 4.44. The Bertz CT molecular complexity index is 581. The Kier molecular flexibility index (Phi) is 4.08. The second-order valence-corrected chi connectivity index (χ2v) is 6.18. The van der Waals surface area contributed by atoms with Crippen LogP contribution in [0.5, 0.6) is 5.75 Å². The lowest BCUT2D eigenvalue weighted by Gasteiger charge is -2.14. The van der Waals surface area contributed by atoms with Gasteiger partial charge in [0.25, 0.3) is 0 Å². The fourth-order valence-electron chi connectivity index (χ4n) is 2.30. The van der Waals surface area contributed by atoms with E-state index in [1.165, 1.54) is 18.4 Å². The number of benzene rings is 2. The van der Waals surface area contributed by atoms with Gasteiger partial charge in [-0.15, -0.1) is 0 Å². The lowest BCUT2D eigenvalue weighted by Crippen LogP contribution is -2.12. The first-order valence-corrected chi connectivity index (χ1v) is 7.75. The molecule has 0 saturated heterocycles. The maximum absolute atomic E-state index is 6.22. The van der Waals surface area contributed by atoms with Crippen molar-refractivity contribution in [3.8, 4) is 5.75 Å². The summed E-state index contributed by atoms with van der Waals surface area (Å²) in [6.45, 7) is 0.577. The monoisotopic (exact) mass is 331 g/mol. The maximum Gasteiger partial charge on any atom is 0.134 e. The zero-order chi connectivity index (χ0) is 13.9. The van der Waals surface area contributed by atoms with Gasteiger partial charge in [-0.2, -0.15) is 0 Å². The summed E-state index contributed by atoms with van der Waals surface area (Å²) in [5.74, 6) is 1.53. The lowest BCUT2D eigenvalue weighted by atomic mass is 10.0. The van der Waals surface area contributed by atoms with Gasteiger partial charge in [-0.1, -0.05) is 36.4 Å². The lowest BCUT2D eigenvalue weighted by molar-refractivity contribution is 0.304. The largest absolute Gasteiger partial charge is 0.488 e. The van der Waals surface area contributed by atoms with Gasteiger partial charge in [0.15, 0.2) is 0 Å². The molecule has 0 spiro atoms. The van der Waals surface area contributed by atoms with Gasteiger partial charge < -0.3 is 10.5 Å². The molecule has 0 radical (unpaired) electrons. The van der Waals surface area contributed by atoms with Crippen LogP contribution < -0.4 is 10.5 Å². The van der Waals surface area contributed by atoms with E-state index >= 15 is 0 Å². The van der Waals surface area contributed by atoms with Crippen LogP contribution in [0.15, 0.2) is 53.0 Å². The van der Waals surface area contributed by atoms with Gasteiger partial charge >= 0.3 is 0 Å². The molecule has 2 aromatic carbocycles. The van der Waals surface area contributed by atoms with Gasteiger partial charge in [-0.3, -0.25) is 0 Å². The molecule has 1 unspecified atom stereocenters. The molecule has 104 valence electrons. The molecule has 1 aliphatic rings. The molecule has 2 nitrogen and oxygen atoms in total. The summed E-state index contributed by atoms with van der Waals surface area (Å²) in [6, 6.07) is 16.5. The summed E-state index contributed by atoms with van der Waals surface area (Å²) in [6.07, 6.45) is 2.51. The van der Waals surface area contributed by atoms with E-state index in [1.54, 1.807) is 0 Å². The number of hydrogen-bond acceptors (Lipinski definition) is 2. The second kappa shape index (κ2) is 5.98. The number of nitrogens with two attached hydrogens (primary N) is 1. The Morgan fingerprint density at radius 1 is 1.15 bits per heavy atom. The van der Waals surface area contributed by atoms with E-state index in [1.807, 2.05) is 24.3 Å². The van der Waals surface area contributed by atoms with E-state index < -0.39 is 0 Å². The minimum Gasteiger partial charge on any atom is -0.488 e. The summed E-state index contributed by atoms with van der Waals surface area (Å²) >= 11 is 3.58. The van der Waals surface area contributed by atoms with E-state index in [4.69, 9.17) is 10.5 Å². The fraction of sp³-hybridized carbons (Fsp3) is 0.294. The Morgan fingerprint density at radius 3 is 2.55 bits per heavy atom. The first-order valence-electron chi connectivity index (χ1n) is 6.96. The zero-order valence-corrected chi connectivity index (χ0v) is 12.8. The smallest absolute Gasteiger partial charge is 0.134 e. The maximum atomic E-state index is 6.22. The van der Waals surface area contributed by atoms with Crippen molar-refractivity contribution in [3.63, 3.8) is 0 Å². The predicted molar refractivity (Wildman–Crippen MR) is 84.6 cm³/mol. The number of hydrogen-bond donors (Lipinski definition) is 1. The highest BCUT2D eigenvalue weighted by atomic mass is 79.9. The third-order valence-electron chi connectivity index (χ3n) is 3.71. The summed E-state index contributed by atoms with van der Waals surface area (Å²) in [4.78, 5) is 0. The van der Waals surface area contributed by atoms with Gasteiger partial charge in [0.05, 0.1) is 4.47 Å². The minimum atomic E-state index is 0.162. The van der Waals surface area contributed by atoms with E-state index in [9.17, 15) is 0 Å². The second-order valence-electron chi connectivity index (χ2n) is 5.33. The van der Waals surface area contributed by atoms with Crippen LogP contribution in [-0.4, -0.2) is 0 Å². The van der Waals surface area contributed by atoms with Crippen LogP contribution in [0.25, 0.3) is 0 Å². The van der Waals surface area contributed by atoms with E-state index in [-0.39, 0.29) is 6.04 Å². The van der Waals surface area contributed by atoms with Crippen LogP contribution >= 0.6 is 15.9 Å². The Morgan fingerprint density at radius 2 is 1.90 bits per heavy atom. The summed E-state index contributed by atoms with van der Waals surface area (Å²) in [5, 5.41) is 0. The molecule has 1 atom stereocenters. The molecule has 0 bridgehead atoms. The highest BCUT2D eigenvalue weighted by molar-refractivity contribution is 9.10. The van der Waals surface area contributed by atoms with Crippen LogP contribution in [0.4, 0.5) is 0 Å². The molecule has 3 heteroatoms. The number of rotatable bonds is 5. The van der Waals surface area contributed by atoms with Crippen LogP contribution in [0.2, 0.25) is 0 Å². The molecule has 0 amide bonds. The van der Waals surface area contributed by atoms with Crippen LogP contribution in [-0.2, 0) is 6.61 Å². The van der Waals surface area contributed by atoms with Gasteiger partial charge in [0.2, 0.25) is 0 Å². The minimum absolute atomic E-state index is 0.162.